The van der Waals surface area contributed by atoms with Crippen molar-refractivity contribution >= 4 is 11.9 Å². The molecule has 3 heterocycles. The number of amides is 1. The Morgan fingerprint density at radius 2 is 1.27 bits per heavy atom. The first-order chi connectivity index (χ1) is 37.3. The van der Waals surface area contributed by atoms with Crippen LogP contribution in [0.3, 0.4) is 0 Å². The van der Waals surface area contributed by atoms with Crippen LogP contribution in [0.5, 0.6) is 0 Å². The number of fused-ring (bicyclic) bond motifs is 2. The molecule has 2 saturated heterocycles. The van der Waals surface area contributed by atoms with Gasteiger partial charge >= 0.3 is 5.97 Å². The number of aliphatic hydroxyl groups excluding tert-OH is 9. The van der Waals surface area contributed by atoms with Gasteiger partial charge in [-0.1, -0.05) is 98.9 Å². The molecule has 15 N–H and O–H groups in total. The molecule has 0 radical (unpaired) electrons. The van der Waals surface area contributed by atoms with Gasteiger partial charge in [-0.25, -0.2) is 0 Å². The highest BCUT2D eigenvalue weighted by Crippen LogP contribution is 2.38. The minimum Gasteiger partial charge on any atom is -0.462 e. The largest absolute Gasteiger partial charge is 0.462 e. The zero-order valence-electron chi connectivity index (χ0n) is 47.8. The minimum atomic E-state index is -2.28. The van der Waals surface area contributed by atoms with E-state index in [0.717, 1.165) is 0 Å². The molecule has 3 rings (SSSR count). The van der Waals surface area contributed by atoms with Gasteiger partial charge in [-0.3, -0.25) is 14.5 Å². The molecule has 3 aliphatic heterocycles. The Labute approximate surface area is 468 Å². The summed E-state index contributed by atoms with van der Waals surface area (Å²) < 4.78 is 25.1. The molecule has 79 heavy (non-hydrogen) atoms. The lowest BCUT2D eigenvalue weighted by molar-refractivity contribution is -0.869. The molecule has 2 fully saturated rings. The van der Waals surface area contributed by atoms with Crippen molar-refractivity contribution in [2.24, 2.45) is 29.2 Å². The quantitative estimate of drug-likeness (QED) is 0.0882. The summed E-state index contributed by atoms with van der Waals surface area (Å²) >= 11 is 0. The fourth-order valence-corrected chi connectivity index (χ4v) is 10.00. The molecular weight excluding hydrogens is 1020 g/mol. The number of allylic oxidation sites excluding steroid dienone is 12. The maximum atomic E-state index is 14.1. The summed E-state index contributed by atoms with van der Waals surface area (Å²) in [6, 6.07) is -0.846. The molecular formula is C58H100N5O16+. The van der Waals surface area contributed by atoms with Crippen LogP contribution >= 0.6 is 0 Å². The van der Waals surface area contributed by atoms with E-state index < -0.39 is 147 Å². The first-order valence-corrected chi connectivity index (χ1v) is 28.2. The number of nitrogens with zero attached hydrogens (tertiary/aromatic N) is 2. The fraction of sp³-hybridized carbons (Fsp3) is 0.724. The van der Waals surface area contributed by atoms with Crippen molar-refractivity contribution in [3.8, 4) is 0 Å². The lowest BCUT2D eigenvalue weighted by Crippen LogP contribution is -2.64. The predicted molar refractivity (Wildman–Crippen MR) is 300 cm³/mol. The van der Waals surface area contributed by atoms with Gasteiger partial charge in [-0.15, -0.1) is 0 Å². The van der Waals surface area contributed by atoms with E-state index in [0.29, 0.717) is 50.0 Å². The zero-order valence-corrected chi connectivity index (χ0v) is 47.8. The van der Waals surface area contributed by atoms with Gasteiger partial charge in [-0.2, -0.15) is 0 Å². The Kier molecular flexibility index (Phi) is 31.3. The van der Waals surface area contributed by atoms with Crippen LogP contribution in [0.15, 0.2) is 85.1 Å². The third-order valence-corrected chi connectivity index (χ3v) is 14.8. The average molecular weight is 1120 g/mol. The Bertz CT molecular complexity index is 1970. The van der Waals surface area contributed by atoms with Crippen LogP contribution in [-0.2, 0) is 28.5 Å². The van der Waals surface area contributed by atoms with Crippen molar-refractivity contribution in [1.29, 1.82) is 0 Å². The molecule has 452 valence electrons. The molecule has 21 nitrogen and oxygen atoms in total. The van der Waals surface area contributed by atoms with Crippen molar-refractivity contribution < 1.29 is 84.1 Å². The van der Waals surface area contributed by atoms with Crippen LogP contribution in [0.2, 0.25) is 0 Å². The first kappa shape index (κ1) is 69.7. The third kappa shape index (κ3) is 25.2. The van der Waals surface area contributed by atoms with Crippen LogP contribution in [-0.4, -0.2) is 230 Å². The van der Waals surface area contributed by atoms with Crippen molar-refractivity contribution in [1.82, 2.24) is 10.2 Å². The van der Waals surface area contributed by atoms with Gasteiger partial charge in [0.15, 0.2) is 12.1 Å². The molecule has 0 unspecified atom stereocenters. The van der Waals surface area contributed by atoms with E-state index in [2.05, 4.69) is 5.32 Å². The zero-order chi connectivity index (χ0) is 58.9. The molecule has 2 bridgehead atoms. The number of carbonyl (C=O) groups is 2. The highest BCUT2D eigenvalue weighted by molar-refractivity contribution is 5.80. The topological polar surface area (TPSA) is 341 Å². The number of quaternary nitrogens is 1. The number of hydrogen-bond donors (Lipinski definition) is 13. The summed E-state index contributed by atoms with van der Waals surface area (Å²) in [7, 11) is 5.87. The summed E-state index contributed by atoms with van der Waals surface area (Å²) in [5, 5.41) is 116. The number of aliphatic hydroxyl groups is 10. The molecule has 0 aliphatic carbocycles. The van der Waals surface area contributed by atoms with Gasteiger partial charge in [0.05, 0.1) is 120 Å². The second-order valence-corrected chi connectivity index (χ2v) is 22.8. The first-order valence-electron chi connectivity index (χ1n) is 28.2. The van der Waals surface area contributed by atoms with Crippen LogP contribution < -0.4 is 16.8 Å². The highest BCUT2D eigenvalue weighted by atomic mass is 16.7. The molecule has 1 amide bonds. The molecule has 0 aromatic rings. The molecule has 0 aromatic carbocycles. The Hall–Kier alpha value is -3.56. The van der Waals surface area contributed by atoms with Gasteiger partial charge in [-0.05, 0) is 72.1 Å². The number of nitrogens with two attached hydrogens (primary N) is 2. The van der Waals surface area contributed by atoms with Crippen molar-refractivity contribution in [3.63, 3.8) is 0 Å². The normalized spacial score (nSPS) is 39.8. The maximum absolute atomic E-state index is 14.1. The Morgan fingerprint density at radius 1 is 0.696 bits per heavy atom. The predicted octanol–water partition coefficient (Wildman–Crippen LogP) is 0.490. The average Bonchev–Trinajstić information content (AvgIpc) is 3.45. The summed E-state index contributed by atoms with van der Waals surface area (Å²) in [5.41, 5.74) is 11.7. The lowest BCUT2D eigenvalue weighted by atomic mass is 9.82. The number of carbonyl (C=O) groups excluding carboxylic acids is 2. The SMILES string of the molecule is C[C@@H]1[C@H](O)[C@@H](C)\C=C/C=C\C=C/C=C\C=C/C=C\C=C/[C@H](O[C@@H]2O[C@H](C)[C@@H](O)[C@H](N(CCCN)CCCN)[C@@H]2O)C[C@@H]2O[C@](O)(C[C@@H](O)C[C@@H](O)[C@H](O)CC[C@@H](O)C[C@@H](O)CC(=O)O[C@H]1C)C[C@H](O)[C@H]2C(=O)NCC[N+](C)(C)C. The van der Waals surface area contributed by atoms with Gasteiger partial charge in [0.25, 0.3) is 0 Å². The van der Waals surface area contributed by atoms with Gasteiger partial charge in [0.1, 0.15) is 12.2 Å². The van der Waals surface area contributed by atoms with E-state index in [1.807, 2.05) is 87.7 Å². The van der Waals surface area contributed by atoms with Crippen molar-refractivity contribution in [2.75, 3.05) is 60.4 Å². The monoisotopic (exact) mass is 1120 g/mol. The summed E-state index contributed by atoms with van der Waals surface area (Å²) in [6.45, 7) is 9.35. The number of cyclic esters (lactones) is 1. The van der Waals surface area contributed by atoms with Crippen molar-refractivity contribution in [3.05, 3.63) is 85.1 Å². The van der Waals surface area contributed by atoms with E-state index in [9.17, 15) is 60.7 Å². The van der Waals surface area contributed by atoms with Crippen LogP contribution in [0.4, 0.5) is 0 Å². The van der Waals surface area contributed by atoms with E-state index in [4.69, 9.17) is 30.4 Å². The van der Waals surface area contributed by atoms with E-state index in [-0.39, 0.29) is 38.1 Å². The molecule has 0 saturated carbocycles. The standard InChI is InChI=1S/C58H99N5O16/c1-38-22-18-16-14-12-10-8-9-11-13-15-17-19-23-45(78-57-55(73)52(54(72)41(4)77-57)62(29-20-26-59)30-21-27-60)35-49-51(56(74)61-28-31-63(5,6)7)48(69)37-58(75,79-49)36-44(66)33-47(68)46(67)25-24-42(64)32-43(65)34-50(70)76-40(3)39(2)53(38)71/h8-19,22-23,38-49,51-55,57,64-69,71-73,75H,20-21,24-37,59-60H2,1-7H3/p+1/b9-8-,12-10-,13-11-,16-14-,17-15-,22-18-,23-19-/t38-,39-,40-,41+,42+,43+,44-,45-,46+,47+,48-,49-,51+,52-,53+,54+,55-,57-,58+/m0/s1. The number of hydrogen-bond acceptors (Lipinski definition) is 19. The second-order valence-electron chi connectivity index (χ2n) is 22.8. The van der Waals surface area contributed by atoms with Gasteiger partial charge < -0.3 is 91.3 Å². The highest BCUT2D eigenvalue weighted by Gasteiger charge is 2.51. The third-order valence-electron chi connectivity index (χ3n) is 14.8. The van der Waals surface area contributed by atoms with E-state index >= 15 is 0 Å². The molecule has 0 aromatic heterocycles. The smallest absolute Gasteiger partial charge is 0.308 e. The summed E-state index contributed by atoms with van der Waals surface area (Å²) in [6.07, 6.45) is 6.34. The number of rotatable bonds is 13. The molecule has 3 aliphatic rings. The summed E-state index contributed by atoms with van der Waals surface area (Å²) in [4.78, 5) is 28.8. The molecule has 21 heteroatoms. The minimum absolute atomic E-state index is 0.0960. The molecule has 19 atom stereocenters. The number of ether oxygens (including phenoxy) is 4. The summed E-state index contributed by atoms with van der Waals surface area (Å²) in [5.74, 6) is -5.58. The molecule has 0 spiro atoms. The maximum Gasteiger partial charge on any atom is 0.308 e. The Morgan fingerprint density at radius 3 is 1.84 bits per heavy atom. The lowest BCUT2D eigenvalue weighted by Gasteiger charge is -2.48. The van der Waals surface area contributed by atoms with Crippen molar-refractivity contribution in [2.45, 2.75) is 189 Å². The van der Waals surface area contributed by atoms with Crippen LogP contribution in [0, 0.1) is 17.8 Å². The van der Waals surface area contributed by atoms with Crippen LogP contribution in [0.25, 0.3) is 0 Å². The van der Waals surface area contributed by atoms with Crippen LogP contribution in [0.1, 0.15) is 91.9 Å². The van der Waals surface area contributed by atoms with Gasteiger partial charge in [0, 0.05) is 37.5 Å². The number of likely N-dealkylation sites (N-methyl/N-ethyl adjacent to an activating group) is 1. The van der Waals surface area contributed by atoms with Gasteiger partial charge in [0.2, 0.25) is 5.91 Å². The number of esters is 1. The van der Waals surface area contributed by atoms with E-state index in [1.54, 1.807) is 51.2 Å². The fourth-order valence-electron chi connectivity index (χ4n) is 10.00. The number of nitrogens with one attached hydrogen (secondary N) is 1. The van der Waals surface area contributed by atoms with E-state index in [1.165, 1.54) is 0 Å². The second kappa shape index (κ2) is 35.4. The Balaban J connectivity index is 2.03.